The van der Waals surface area contributed by atoms with Gasteiger partial charge in [-0.15, -0.1) is 0 Å². The number of nitrogens with one attached hydrogen (secondary N) is 1. The zero-order valence-corrected chi connectivity index (χ0v) is 11.0. The van der Waals surface area contributed by atoms with Gasteiger partial charge in [-0.2, -0.15) is 0 Å². The number of carbonyl (C=O) groups excluding carboxylic acids is 1. The molecule has 1 aromatic heterocycles. The molecule has 0 aliphatic carbocycles. The first-order valence-electron chi connectivity index (χ1n) is 6.24. The number of hydrogen-bond acceptors (Lipinski definition) is 2. The van der Waals surface area contributed by atoms with Crippen molar-refractivity contribution in [2.75, 3.05) is 5.32 Å². The van der Waals surface area contributed by atoms with Crippen molar-refractivity contribution in [3.63, 3.8) is 0 Å². The molecule has 3 nitrogen and oxygen atoms in total. The van der Waals surface area contributed by atoms with Crippen molar-refractivity contribution in [2.24, 2.45) is 7.05 Å². The van der Waals surface area contributed by atoms with Crippen LogP contribution in [0.15, 0.2) is 54.5 Å². The summed E-state index contributed by atoms with van der Waals surface area (Å²) >= 11 is 0. The summed E-state index contributed by atoms with van der Waals surface area (Å²) in [6.45, 7) is 1.97. The van der Waals surface area contributed by atoms with Crippen LogP contribution in [0.4, 0.5) is 5.69 Å². The molecule has 0 saturated carbocycles. The lowest BCUT2D eigenvalue weighted by molar-refractivity contribution is -0.671. The Balaban J connectivity index is 2.06. The zero-order chi connectivity index (χ0) is 13.4. The summed E-state index contributed by atoms with van der Waals surface area (Å²) in [4.78, 5) is 12.4. The number of ketones is 1. The van der Waals surface area contributed by atoms with Gasteiger partial charge < -0.3 is 5.32 Å². The number of aryl methyl sites for hydroxylation is 1. The lowest BCUT2D eigenvalue weighted by Crippen LogP contribution is -2.25. The lowest BCUT2D eigenvalue weighted by Gasteiger charge is -2.05. The van der Waals surface area contributed by atoms with E-state index in [1.165, 1.54) is 0 Å². The predicted molar refractivity (Wildman–Crippen MR) is 74.6 cm³/mol. The van der Waals surface area contributed by atoms with E-state index in [1.54, 1.807) is 0 Å². The number of pyridine rings is 1. The molecule has 3 rings (SSSR count). The maximum Gasteiger partial charge on any atom is 0.211 e. The summed E-state index contributed by atoms with van der Waals surface area (Å²) in [6.07, 6.45) is 3.96. The van der Waals surface area contributed by atoms with Crippen molar-refractivity contribution in [1.82, 2.24) is 0 Å². The third kappa shape index (κ3) is 1.93. The molecule has 0 atom stereocenters. The summed E-state index contributed by atoms with van der Waals surface area (Å²) < 4.78 is 1.97. The van der Waals surface area contributed by atoms with Gasteiger partial charge in [0.1, 0.15) is 7.05 Å². The number of nitrogens with zero attached hydrogens (tertiary/aromatic N) is 1. The fourth-order valence-corrected chi connectivity index (χ4v) is 2.28. The van der Waals surface area contributed by atoms with Gasteiger partial charge in [0.15, 0.2) is 12.4 Å². The first-order valence-corrected chi connectivity index (χ1v) is 6.24. The fourth-order valence-electron chi connectivity index (χ4n) is 2.28. The number of benzene rings is 1. The number of para-hydroxylation sites is 1. The smallest absolute Gasteiger partial charge is 0.211 e. The number of carbonyl (C=O) groups is 1. The van der Waals surface area contributed by atoms with Gasteiger partial charge in [-0.05, 0) is 30.2 Å². The minimum Gasteiger partial charge on any atom is -0.351 e. The second-order valence-corrected chi connectivity index (χ2v) is 4.75. The van der Waals surface area contributed by atoms with Gasteiger partial charge in [-0.1, -0.05) is 12.1 Å². The summed E-state index contributed by atoms with van der Waals surface area (Å²) in [6, 6.07) is 11.6. The third-order valence-electron chi connectivity index (χ3n) is 3.44. The highest BCUT2D eigenvalue weighted by atomic mass is 16.1. The van der Waals surface area contributed by atoms with Gasteiger partial charge in [0.25, 0.3) is 0 Å². The molecule has 0 radical (unpaired) electrons. The fraction of sp³-hybridized carbons (Fsp3) is 0.125. The van der Waals surface area contributed by atoms with E-state index >= 15 is 0 Å². The molecule has 3 heteroatoms. The second kappa shape index (κ2) is 4.35. The molecule has 1 N–H and O–H groups in total. The highest BCUT2D eigenvalue weighted by Crippen LogP contribution is 2.31. The maximum absolute atomic E-state index is 12.4. The van der Waals surface area contributed by atoms with E-state index in [-0.39, 0.29) is 5.78 Å². The first-order chi connectivity index (χ1) is 9.16. The molecule has 0 unspecified atom stereocenters. The van der Waals surface area contributed by atoms with E-state index in [0.29, 0.717) is 5.70 Å². The van der Waals surface area contributed by atoms with Crippen LogP contribution in [0.25, 0.3) is 5.57 Å². The maximum atomic E-state index is 12.4. The first kappa shape index (κ1) is 11.7. The molecule has 0 spiro atoms. The number of aromatic nitrogens is 1. The Hall–Kier alpha value is -2.42. The Morgan fingerprint density at radius 1 is 1.11 bits per heavy atom. The van der Waals surface area contributed by atoms with Crippen LogP contribution in [-0.4, -0.2) is 5.78 Å². The van der Waals surface area contributed by atoms with Crippen molar-refractivity contribution in [3.8, 4) is 0 Å². The highest BCUT2D eigenvalue weighted by Gasteiger charge is 2.26. The van der Waals surface area contributed by atoms with Crippen LogP contribution >= 0.6 is 0 Å². The highest BCUT2D eigenvalue weighted by molar-refractivity contribution is 6.21. The number of anilines is 1. The van der Waals surface area contributed by atoms with Crippen LogP contribution in [0.1, 0.15) is 22.8 Å². The Labute approximate surface area is 112 Å². The van der Waals surface area contributed by atoms with E-state index in [9.17, 15) is 4.79 Å². The average Bonchev–Trinajstić information content (AvgIpc) is 2.77. The largest absolute Gasteiger partial charge is 0.351 e. The lowest BCUT2D eigenvalue weighted by atomic mass is 10.0. The Bertz CT molecular complexity index is 684. The number of fused-ring (bicyclic) bond motifs is 1. The molecule has 0 bridgehead atoms. The van der Waals surface area contributed by atoms with E-state index in [1.807, 2.05) is 67.3 Å². The quantitative estimate of drug-likeness (QED) is 0.624. The summed E-state index contributed by atoms with van der Waals surface area (Å²) in [5.74, 6) is 0.0707. The van der Waals surface area contributed by atoms with Crippen molar-refractivity contribution >= 4 is 17.0 Å². The number of hydrogen-bond donors (Lipinski definition) is 1. The van der Waals surface area contributed by atoms with Crippen LogP contribution in [-0.2, 0) is 7.05 Å². The van der Waals surface area contributed by atoms with Gasteiger partial charge in [0.05, 0.1) is 5.70 Å². The van der Waals surface area contributed by atoms with Crippen LogP contribution in [0.5, 0.6) is 0 Å². The van der Waals surface area contributed by atoms with Crippen LogP contribution in [0.2, 0.25) is 0 Å². The predicted octanol–water partition coefficient (Wildman–Crippen LogP) is 2.55. The zero-order valence-electron chi connectivity index (χ0n) is 11.0. The average molecular weight is 251 g/mol. The topological polar surface area (TPSA) is 33.0 Å². The Morgan fingerprint density at radius 3 is 2.47 bits per heavy atom. The number of allylic oxidation sites excluding steroid dienone is 2. The molecule has 94 valence electrons. The molecule has 0 saturated heterocycles. The van der Waals surface area contributed by atoms with Gasteiger partial charge in [-0.25, -0.2) is 4.57 Å². The van der Waals surface area contributed by atoms with Crippen molar-refractivity contribution in [2.45, 2.75) is 6.92 Å². The normalized spacial score (nSPS) is 16.0. The minimum atomic E-state index is 0.0707. The molecule has 0 fully saturated rings. The van der Waals surface area contributed by atoms with E-state index in [4.69, 9.17) is 0 Å². The SMILES string of the molecule is CC(=C1Nc2ccccc2C1=O)c1cc[n+](C)cc1. The molecule has 0 amide bonds. The van der Waals surface area contributed by atoms with Gasteiger partial charge in [-0.3, -0.25) is 4.79 Å². The molecule has 1 aliphatic heterocycles. The van der Waals surface area contributed by atoms with Gasteiger partial charge in [0, 0.05) is 23.4 Å². The molecule has 2 aromatic rings. The van der Waals surface area contributed by atoms with E-state index in [0.717, 1.165) is 22.4 Å². The molecule has 2 heterocycles. The molecular weight excluding hydrogens is 236 g/mol. The minimum absolute atomic E-state index is 0.0707. The summed E-state index contributed by atoms with van der Waals surface area (Å²) in [5, 5.41) is 3.22. The number of Topliss-reactive ketones (excluding diaryl/α,β-unsaturated/α-hetero) is 1. The molecular formula is C16H15N2O+. The number of rotatable bonds is 1. The standard InChI is InChI=1S/C16H14N2O/c1-11(12-7-9-18(2)10-8-12)15-16(19)13-5-3-4-6-14(13)17-15/h3-10H,1-2H3/p+1. The summed E-state index contributed by atoms with van der Waals surface area (Å²) in [5.41, 5.74) is 4.35. The molecule has 19 heavy (non-hydrogen) atoms. The van der Waals surface area contributed by atoms with E-state index in [2.05, 4.69) is 5.32 Å². The van der Waals surface area contributed by atoms with Crippen molar-refractivity contribution in [3.05, 3.63) is 65.6 Å². The second-order valence-electron chi connectivity index (χ2n) is 4.75. The molecule has 1 aromatic carbocycles. The van der Waals surface area contributed by atoms with Gasteiger partial charge in [0.2, 0.25) is 5.78 Å². The van der Waals surface area contributed by atoms with Crippen LogP contribution in [0, 0.1) is 0 Å². The molecule has 1 aliphatic rings. The van der Waals surface area contributed by atoms with Crippen LogP contribution in [0.3, 0.4) is 0 Å². The van der Waals surface area contributed by atoms with E-state index < -0.39 is 0 Å². The van der Waals surface area contributed by atoms with Crippen molar-refractivity contribution < 1.29 is 9.36 Å². The van der Waals surface area contributed by atoms with Crippen molar-refractivity contribution in [1.29, 1.82) is 0 Å². The third-order valence-corrected chi connectivity index (χ3v) is 3.44. The monoisotopic (exact) mass is 251 g/mol. The summed E-state index contributed by atoms with van der Waals surface area (Å²) in [7, 11) is 1.97. The Kier molecular flexibility index (Phi) is 2.67. The van der Waals surface area contributed by atoms with Gasteiger partial charge >= 0.3 is 0 Å². The Morgan fingerprint density at radius 2 is 1.79 bits per heavy atom. The van der Waals surface area contributed by atoms with Crippen LogP contribution < -0.4 is 9.88 Å².